The van der Waals surface area contributed by atoms with Gasteiger partial charge in [0, 0.05) is 36.0 Å². The summed E-state index contributed by atoms with van der Waals surface area (Å²) >= 11 is 3.48. The van der Waals surface area contributed by atoms with Crippen molar-refractivity contribution in [1.82, 2.24) is 10.9 Å². The Bertz CT molecular complexity index is 1410. The highest BCUT2D eigenvalue weighted by Gasteiger charge is 2.53. The van der Waals surface area contributed by atoms with E-state index in [1.165, 1.54) is 0 Å². The van der Waals surface area contributed by atoms with Crippen LogP contribution in [-0.4, -0.2) is 53.8 Å². The van der Waals surface area contributed by atoms with Gasteiger partial charge in [-0.3, -0.25) is 15.0 Å². The highest BCUT2D eigenvalue weighted by Crippen LogP contribution is 2.43. The molecule has 9 nitrogen and oxygen atoms in total. The van der Waals surface area contributed by atoms with E-state index in [0.717, 1.165) is 15.6 Å². The van der Waals surface area contributed by atoms with Crippen LogP contribution in [0.3, 0.4) is 0 Å². The van der Waals surface area contributed by atoms with Crippen molar-refractivity contribution in [1.29, 1.82) is 0 Å². The number of esters is 1. The number of carbonyl (C=O) groups excluding carboxylic acids is 2. The third-order valence-electron chi connectivity index (χ3n) is 6.92. The maximum Gasteiger partial charge on any atom is 0.306 e. The van der Waals surface area contributed by atoms with Crippen LogP contribution in [0, 0.1) is 0 Å². The maximum absolute atomic E-state index is 14.1. The fourth-order valence-corrected chi connectivity index (χ4v) is 5.06. The van der Waals surface area contributed by atoms with E-state index >= 15 is 0 Å². The number of ether oxygens (including phenoxy) is 3. The van der Waals surface area contributed by atoms with Crippen molar-refractivity contribution in [3.63, 3.8) is 0 Å². The molecule has 0 unspecified atom stereocenters. The van der Waals surface area contributed by atoms with Gasteiger partial charge in [-0.1, -0.05) is 58.4 Å². The van der Waals surface area contributed by atoms with Crippen molar-refractivity contribution in [3.8, 4) is 5.75 Å². The molecular weight excluding hydrogens is 626 g/mol. The first-order valence-corrected chi connectivity index (χ1v) is 15.5. The lowest BCUT2D eigenvalue weighted by Crippen LogP contribution is -2.53. The van der Waals surface area contributed by atoms with Crippen LogP contribution in [0.2, 0.25) is 0 Å². The molecule has 3 aromatic carbocycles. The van der Waals surface area contributed by atoms with E-state index < -0.39 is 29.1 Å². The van der Waals surface area contributed by atoms with E-state index in [1.807, 2.05) is 66.7 Å². The molecule has 0 bridgehead atoms. The molecular formula is C34H40BrN3O6. The Kier molecular flexibility index (Phi) is 11.5. The van der Waals surface area contributed by atoms with Crippen molar-refractivity contribution < 1.29 is 28.9 Å². The molecule has 3 aromatic rings. The number of aliphatic hydroxyl groups is 1. The molecule has 0 fully saturated rings. The second-order valence-electron chi connectivity index (χ2n) is 11.5. The Morgan fingerprint density at radius 3 is 2.39 bits per heavy atom. The van der Waals surface area contributed by atoms with Gasteiger partial charge >= 0.3 is 5.97 Å². The van der Waals surface area contributed by atoms with E-state index in [0.29, 0.717) is 37.3 Å². The summed E-state index contributed by atoms with van der Waals surface area (Å²) in [6, 6.07) is 24.7. The van der Waals surface area contributed by atoms with Gasteiger partial charge in [0.1, 0.15) is 11.4 Å². The van der Waals surface area contributed by atoms with E-state index in [-0.39, 0.29) is 25.3 Å². The first kappa shape index (κ1) is 33.2. The lowest BCUT2D eigenvalue weighted by atomic mass is 9.83. The number of nitrogens with one attached hydrogen (secondary N) is 2. The molecule has 1 aliphatic heterocycles. The molecule has 3 N–H and O–H groups in total. The van der Waals surface area contributed by atoms with Gasteiger partial charge in [-0.15, -0.1) is 0 Å². The van der Waals surface area contributed by atoms with Gasteiger partial charge in [0.15, 0.2) is 11.6 Å². The quantitative estimate of drug-likeness (QED) is 0.119. The number of halogens is 1. The van der Waals surface area contributed by atoms with Crippen LogP contribution >= 0.6 is 15.9 Å². The zero-order chi connectivity index (χ0) is 31.6. The molecule has 1 amide bonds. The first-order valence-electron chi connectivity index (χ1n) is 14.7. The van der Waals surface area contributed by atoms with Crippen LogP contribution in [0.25, 0.3) is 0 Å². The Hall–Kier alpha value is -3.73. The zero-order valence-corrected chi connectivity index (χ0v) is 26.9. The molecule has 1 heterocycles. The SMILES string of the molecule is CC(C)(C)OC(=O)CC[C@]1(C(=O)NNCCc2ccccc2)N=C(c2ccc(OCCCO)cc2)O[C@H]1c1ccc(Br)cc1. The molecule has 0 saturated heterocycles. The Morgan fingerprint density at radius 2 is 1.73 bits per heavy atom. The molecule has 10 heteroatoms. The number of hydrogen-bond donors (Lipinski definition) is 3. The predicted octanol–water partition coefficient (Wildman–Crippen LogP) is 5.45. The summed E-state index contributed by atoms with van der Waals surface area (Å²) in [6.07, 6.45) is 0.436. The smallest absolute Gasteiger partial charge is 0.306 e. The van der Waals surface area contributed by atoms with Crippen molar-refractivity contribution in [3.05, 3.63) is 100 Å². The number of hydrazine groups is 1. The van der Waals surface area contributed by atoms with Crippen molar-refractivity contribution in [2.24, 2.45) is 4.99 Å². The monoisotopic (exact) mass is 665 g/mol. The molecule has 0 saturated carbocycles. The number of nitrogens with zero attached hydrogens (tertiary/aromatic N) is 1. The van der Waals surface area contributed by atoms with Gasteiger partial charge in [0.25, 0.3) is 5.91 Å². The lowest BCUT2D eigenvalue weighted by Gasteiger charge is -2.31. The second kappa shape index (κ2) is 15.3. The lowest BCUT2D eigenvalue weighted by molar-refractivity contribution is -0.155. The second-order valence-corrected chi connectivity index (χ2v) is 12.5. The fourth-order valence-electron chi connectivity index (χ4n) is 4.80. The van der Waals surface area contributed by atoms with Gasteiger partial charge < -0.3 is 19.3 Å². The minimum absolute atomic E-state index is 0.0422. The normalized spacial score (nSPS) is 17.8. The largest absolute Gasteiger partial charge is 0.494 e. The summed E-state index contributed by atoms with van der Waals surface area (Å²) < 4.78 is 18.6. The third-order valence-corrected chi connectivity index (χ3v) is 7.45. The topological polar surface area (TPSA) is 118 Å². The highest BCUT2D eigenvalue weighted by molar-refractivity contribution is 9.10. The minimum Gasteiger partial charge on any atom is -0.494 e. The molecule has 0 aliphatic carbocycles. The average molecular weight is 667 g/mol. The predicted molar refractivity (Wildman–Crippen MR) is 172 cm³/mol. The molecule has 1 aliphatic rings. The van der Waals surface area contributed by atoms with Crippen molar-refractivity contribution in [2.75, 3.05) is 19.8 Å². The number of aliphatic imine (C=N–C) groups is 1. The van der Waals surface area contributed by atoms with E-state index in [9.17, 15) is 9.59 Å². The van der Waals surface area contributed by atoms with Gasteiger partial charge in [0.2, 0.25) is 5.90 Å². The molecule has 234 valence electrons. The maximum atomic E-state index is 14.1. The first-order chi connectivity index (χ1) is 21.1. The van der Waals surface area contributed by atoms with Crippen LogP contribution in [0.1, 0.15) is 62.8 Å². The molecule has 0 aromatic heterocycles. The van der Waals surface area contributed by atoms with E-state index in [4.69, 9.17) is 24.3 Å². The van der Waals surface area contributed by atoms with E-state index in [1.54, 1.807) is 32.9 Å². The number of amides is 1. The van der Waals surface area contributed by atoms with Gasteiger partial charge in [-0.2, -0.15) is 0 Å². The summed E-state index contributed by atoms with van der Waals surface area (Å²) in [5.74, 6) is 0.0792. The number of hydrogen-bond acceptors (Lipinski definition) is 8. The van der Waals surface area contributed by atoms with Crippen molar-refractivity contribution in [2.45, 2.75) is 63.7 Å². The Labute approximate surface area is 267 Å². The fraction of sp³-hybridized carbons (Fsp3) is 0.382. The van der Waals surface area contributed by atoms with E-state index in [2.05, 4.69) is 26.8 Å². The van der Waals surface area contributed by atoms with Crippen LogP contribution in [0.5, 0.6) is 5.75 Å². The van der Waals surface area contributed by atoms with Crippen LogP contribution in [0.15, 0.2) is 88.3 Å². The standard InChI is InChI=1S/C34H40BrN3O6/c1-33(2,3)44-29(40)18-20-34(32(41)38-36-21-19-24-8-5-4-6-9-24)30(25-10-14-27(35)15-11-25)43-31(37-34)26-12-16-28(17-13-26)42-23-7-22-39/h4-6,8-17,30,36,39H,7,18-23H2,1-3H3,(H,38,41)/t30-,34-/m0/s1. The highest BCUT2D eigenvalue weighted by atomic mass is 79.9. The zero-order valence-electron chi connectivity index (χ0n) is 25.3. The van der Waals surface area contributed by atoms with Crippen LogP contribution in [0.4, 0.5) is 0 Å². The molecule has 4 rings (SSSR count). The Balaban J connectivity index is 1.64. The van der Waals surface area contributed by atoms with Crippen LogP contribution in [-0.2, 0) is 25.5 Å². The number of rotatable bonds is 14. The Morgan fingerprint density at radius 1 is 1.02 bits per heavy atom. The van der Waals surface area contributed by atoms with Gasteiger partial charge in [-0.05, 0) is 81.1 Å². The summed E-state index contributed by atoms with van der Waals surface area (Å²) in [5.41, 5.74) is 6.28. The van der Waals surface area contributed by atoms with Gasteiger partial charge in [-0.25, -0.2) is 10.4 Å². The number of benzene rings is 3. The minimum atomic E-state index is -1.48. The van der Waals surface area contributed by atoms with Gasteiger partial charge in [0.05, 0.1) is 6.61 Å². The molecule has 2 atom stereocenters. The van der Waals surface area contributed by atoms with Crippen molar-refractivity contribution >= 4 is 33.7 Å². The number of aliphatic hydroxyl groups excluding tert-OH is 1. The summed E-state index contributed by atoms with van der Waals surface area (Å²) in [6.45, 7) is 6.36. The summed E-state index contributed by atoms with van der Waals surface area (Å²) in [5, 5.41) is 9.03. The third kappa shape index (κ3) is 9.14. The molecule has 0 spiro atoms. The molecule has 0 radical (unpaired) electrons. The summed E-state index contributed by atoms with van der Waals surface area (Å²) in [7, 11) is 0. The van der Waals surface area contributed by atoms with Crippen LogP contribution < -0.4 is 15.6 Å². The summed E-state index contributed by atoms with van der Waals surface area (Å²) in [4.78, 5) is 32.0. The average Bonchev–Trinajstić information content (AvgIpc) is 3.40. The molecule has 44 heavy (non-hydrogen) atoms. The number of carbonyl (C=O) groups is 2.